The fourth-order valence-electron chi connectivity index (χ4n) is 3.85. The predicted octanol–water partition coefficient (Wildman–Crippen LogP) is 4.37. The molecule has 0 amide bonds. The van der Waals surface area contributed by atoms with E-state index in [0.717, 1.165) is 29.8 Å². The Balaban J connectivity index is 1.28. The fraction of sp³-hybridized carbons (Fsp3) is 0.174. The molecule has 0 saturated heterocycles. The fourth-order valence-corrected chi connectivity index (χ4v) is 5.63. The highest BCUT2D eigenvalue weighted by Gasteiger charge is 2.28. The van der Waals surface area contributed by atoms with Crippen LogP contribution in [0.1, 0.15) is 12.0 Å². The summed E-state index contributed by atoms with van der Waals surface area (Å²) in [5.41, 5.74) is 3.26. The van der Waals surface area contributed by atoms with Crippen LogP contribution in [-0.2, 0) is 16.4 Å². The largest absolute Gasteiger partial charge is 0.454 e. The molecule has 2 heterocycles. The third-order valence-electron chi connectivity index (χ3n) is 5.40. The molecule has 0 atom stereocenters. The van der Waals surface area contributed by atoms with Gasteiger partial charge in [-0.15, -0.1) is 0 Å². The zero-order chi connectivity index (χ0) is 22.1. The molecule has 7 nitrogen and oxygen atoms in total. The summed E-state index contributed by atoms with van der Waals surface area (Å²) in [4.78, 5) is 0.245. The van der Waals surface area contributed by atoms with Gasteiger partial charge in [0, 0.05) is 24.0 Å². The Morgan fingerprint density at radius 1 is 0.906 bits per heavy atom. The van der Waals surface area contributed by atoms with E-state index in [-0.39, 0.29) is 11.7 Å². The highest BCUT2D eigenvalue weighted by molar-refractivity contribution is 7.92. The summed E-state index contributed by atoms with van der Waals surface area (Å²) in [6.07, 6.45) is 1.69. The standard InChI is InChI=1S/C23H21N3O4S2/c27-32(28,26-13-3-5-16-4-1-2-6-20(16)26)19-10-7-17(8-11-19)24-23(31)25-18-9-12-21-22(14-18)30-15-29-21/h1-2,4,6-12,14H,3,5,13,15H2,(H2,24,25,31). The minimum absolute atomic E-state index is 0.208. The number of benzene rings is 3. The van der Waals surface area contributed by atoms with Crippen LogP contribution in [0.25, 0.3) is 0 Å². The molecule has 3 aromatic carbocycles. The van der Waals surface area contributed by atoms with Crippen LogP contribution in [-0.4, -0.2) is 26.9 Å². The van der Waals surface area contributed by atoms with E-state index >= 15 is 0 Å². The molecule has 9 heteroatoms. The Labute approximate surface area is 192 Å². The molecular weight excluding hydrogens is 446 g/mol. The number of hydrogen-bond donors (Lipinski definition) is 2. The molecule has 2 aliphatic rings. The molecule has 3 aromatic rings. The molecule has 0 unspecified atom stereocenters. The van der Waals surface area contributed by atoms with Crippen molar-refractivity contribution in [3.8, 4) is 11.5 Å². The topological polar surface area (TPSA) is 79.9 Å². The van der Waals surface area contributed by atoms with Crippen LogP contribution >= 0.6 is 12.2 Å². The molecule has 32 heavy (non-hydrogen) atoms. The highest BCUT2D eigenvalue weighted by Crippen LogP contribution is 2.34. The number of aryl methyl sites for hydroxylation is 1. The second-order valence-corrected chi connectivity index (χ2v) is 9.75. The molecule has 0 aromatic heterocycles. The molecule has 0 saturated carbocycles. The van der Waals surface area contributed by atoms with Crippen molar-refractivity contribution in [3.05, 3.63) is 72.3 Å². The molecule has 5 rings (SSSR count). The van der Waals surface area contributed by atoms with E-state index in [1.807, 2.05) is 42.5 Å². The zero-order valence-corrected chi connectivity index (χ0v) is 18.7. The van der Waals surface area contributed by atoms with Gasteiger partial charge < -0.3 is 20.1 Å². The van der Waals surface area contributed by atoms with Gasteiger partial charge in [0.25, 0.3) is 10.0 Å². The summed E-state index contributed by atoms with van der Waals surface area (Å²) >= 11 is 5.38. The third kappa shape index (κ3) is 3.96. The Morgan fingerprint density at radius 3 is 2.47 bits per heavy atom. The van der Waals surface area contributed by atoms with Crippen molar-refractivity contribution in [3.63, 3.8) is 0 Å². The van der Waals surface area contributed by atoms with Crippen LogP contribution in [0.2, 0.25) is 0 Å². The molecule has 0 aliphatic carbocycles. The molecule has 0 radical (unpaired) electrons. The van der Waals surface area contributed by atoms with Gasteiger partial charge in [0.05, 0.1) is 10.6 Å². The molecule has 0 fully saturated rings. The van der Waals surface area contributed by atoms with Crippen LogP contribution in [0.3, 0.4) is 0 Å². The molecular formula is C23H21N3O4S2. The van der Waals surface area contributed by atoms with Crippen molar-refractivity contribution in [2.75, 3.05) is 28.3 Å². The van der Waals surface area contributed by atoms with Crippen LogP contribution in [0.4, 0.5) is 17.1 Å². The molecule has 2 N–H and O–H groups in total. The number of sulfonamides is 1. The van der Waals surface area contributed by atoms with Crippen LogP contribution in [0.15, 0.2) is 71.6 Å². The van der Waals surface area contributed by atoms with E-state index in [1.54, 1.807) is 24.3 Å². The maximum absolute atomic E-state index is 13.3. The summed E-state index contributed by atoms with van der Waals surface area (Å²) < 4.78 is 38.7. The molecule has 2 aliphatic heterocycles. The number of fused-ring (bicyclic) bond motifs is 2. The first-order valence-corrected chi connectivity index (χ1v) is 12.0. The van der Waals surface area contributed by atoms with Gasteiger partial charge in [-0.1, -0.05) is 18.2 Å². The number of para-hydroxylation sites is 1. The minimum atomic E-state index is -3.64. The monoisotopic (exact) mass is 467 g/mol. The summed E-state index contributed by atoms with van der Waals surface area (Å²) in [6.45, 7) is 0.683. The van der Waals surface area contributed by atoms with Gasteiger partial charge >= 0.3 is 0 Å². The summed E-state index contributed by atoms with van der Waals surface area (Å²) in [5, 5.41) is 6.54. The van der Waals surface area contributed by atoms with Crippen molar-refractivity contribution in [1.29, 1.82) is 0 Å². The third-order valence-corrected chi connectivity index (χ3v) is 7.43. The number of nitrogens with one attached hydrogen (secondary N) is 2. The smallest absolute Gasteiger partial charge is 0.264 e. The van der Waals surface area contributed by atoms with Crippen LogP contribution < -0.4 is 24.4 Å². The lowest BCUT2D eigenvalue weighted by Crippen LogP contribution is -2.35. The number of nitrogens with zero attached hydrogens (tertiary/aromatic N) is 1. The molecule has 164 valence electrons. The zero-order valence-electron chi connectivity index (χ0n) is 17.1. The number of rotatable bonds is 4. The first kappa shape index (κ1) is 20.6. The lowest BCUT2D eigenvalue weighted by Gasteiger charge is -2.30. The quantitative estimate of drug-likeness (QED) is 0.552. The predicted molar refractivity (Wildman–Crippen MR) is 128 cm³/mol. The van der Waals surface area contributed by atoms with E-state index < -0.39 is 10.0 Å². The summed E-state index contributed by atoms with van der Waals surface area (Å²) in [7, 11) is -3.64. The normalized spacial score (nSPS) is 14.6. The van der Waals surface area contributed by atoms with Gasteiger partial charge in [-0.2, -0.15) is 0 Å². The summed E-state index contributed by atoms with van der Waals surface area (Å²) in [5.74, 6) is 1.36. The first-order valence-electron chi connectivity index (χ1n) is 10.2. The Morgan fingerprint density at radius 2 is 1.62 bits per heavy atom. The van der Waals surface area contributed by atoms with Crippen molar-refractivity contribution >= 4 is 44.4 Å². The van der Waals surface area contributed by atoms with Crippen molar-refractivity contribution in [2.24, 2.45) is 0 Å². The summed E-state index contributed by atoms with van der Waals surface area (Å²) in [6, 6.07) is 19.7. The van der Waals surface area contributed by atoms with Crippen molar-refractivity contribution in [2.45, 2.75) is 17.7 Å². The Kier molecular flexibility index (Phi) is 5.36. The maximum atomic E-state index is 13.3. The van der Waals surface area contributed by atoms with Gasteiger partial charge in [0.1, 0.15) is 0 Å². The second-order valence-electron chi connectivity index (χ2n) is 7.48. The second kappa shape index (κ2) is 8.33. The minimum Gasteiger partial charge on any atom is -0.454 e. The number of thiocarbonyl (C=S) groups is 1. The Hall–Kier alpha value is -3.30. The molecule has 0 bridgehead atoms. The number of anilines is 3. The lowest BCUT2D eigenvalue weighted by atomic mass is 10.0. The van der Waals surface area contributed by atoms with E-state index in [2.05, 4.69) is 10.6 Å². The number of ether oxygens (including phenoxy) is 2. The molecule has 0 spiro atoms. The van der Waals surface area contributed by atoms with Crippen molar-refractivity contribution < 1.29 is 17.9 Å². The van der Waals surface area contributed by atoms with Gasteiger partial charge in [0.15, 0.2) is 16.6 Å². The van der Waals surface area contributed by atoms with Crippen molar-refractivity contribution in [1.82, 2.24) is 0 Å². The van der Waals surface area contributed by atoms with E-state index in [0.29, 0.717) is 28.8 Å². The van der Waals surface area contributed by atoms with Gasteiger partial charge in [-0.25, -0.2) is 8.42 Å². The van der Waals surface area contributed by atoms with Crippen LogP contribution in [0, 0.1) is 0 Å². The average molecular weight is 468 g/mol. The van der Waals surface area contributed by atoms with E-state index in [1.165, 1.54) is 4.31 Å². The van der Waals surface area contributed by atoms with Crippen LogP contribution in [0.5, 0.6) is 11.5 Å². The lowest BCUT2D eigenvalue weighted by molar-refractivity contribution is 0.174. The highest BCUT2D eigenvalue weighted by atomic mass is 32.2. The van der Waals surface area contributed by atoms with E-state index in [9.17, 15) is 8.42 Å². The first-order chi connectivity index (χ1) is 15.5. The maximum Gasteiger partial charge on any atom is 0.264 e. The average Bonchev–Trinajstić information content (AvgIpc) is 3.27. The van der Waals surface area contributed by atoms with Gasteiger partial charge in [0.2, 0.25) is 6.79 Å². The van der Waals surface area contributed by atoms with E-state index in [4.69, 9.17) is 21.7 Å². The Bertz CT molecular complexity index is 1280. The number of hydrogen-bond acceptors (Lipinski definition) is 5. The SMILES string of the molecule is O=S(=O)(c1ccc(NC(=S)Nc2ccc3c(c2)OCO3)cc1)N1CCCc2ccccc21. The van der Waals surface area contributed by atoms with Gasteiger partial charge in [-0.3, -0.25) is 4.31 Å². The van der Waals surface area contributed by atoms with Gasteiger partial charge in [-0.05, 0) is 73.1 Å².